The Morgan fingerprint density at radius 1 is 1.02 bits per heavy atom. The SMILES string of the molecule is CN(C)[C@@H]1C(=O)C(C(N)=O)=C(O)[C@@]2(O)C(=O)C3=C(O)c4c(O)ccc(-c5ccc(CN6CCCC6)cc5)c4C[C@@]3(C)C[C@@]12C. The fraction of sp³-hybridized carbons (Fsp3) is 0.441. The number of fused-ring (bicyclic) bond motifs is 3. The van der Waals surface area contributed by atoms with Crippen LogP contribution < -0.4 is 5.73 Å². The lowest BCUT2D eigenvalue weighted by Gasteiger charge is -2.59. The van der Waals surface area contributed by atoms with Crippen LogP contribution in [0.1, 0.15) is 49.8 Å². The number of rotatable bonds is 5. The molecule has 0 radical (unpaired) electrons. The zero-order valence-electron chi connectivity index (χ0n) is 25.5. The van der Waals surface area contributed by atoms with Gasteiger partial charge in [-0.25, -0.2) is 0 Å². The number of benzene rings is 2. The molecule has 0 unspecified atom stereocenters. The van der Waals surface area contributed by atoms with Crippen molar-refractivity contribution in [2.24, 2.45) is 16.6 Å². The molecule has 4 aliphatic rings. The number of likely N-dealkylation sites (N-methyl/N-ethyl adjacent to an activating group) is 1. The Bertz CT molecular complexity index is 1670. The summed E-state index contributed by atoms with van der Waals surface area (Å²) in [5.41, 5.74) is 2.51. The number of primary amides is 1. The van der Waals surface area contributed by atoms with Gasteiger partial charge in [-0.3, -0.25) is 24.2 Å². The Hall–Kier alpha value is -3.99. The molecule has 232 valence electrons. The van der Waals surface area contributed by atoms with E-state index in [4.69, 9.17) is 5.73 Å². The zero-order valence-corrected chi connectivity index (χ0v) is 25.5. The predicted molar refractivity (Wildman–Crippen MR) is 163 cm³/mol. The Balaban J connectivity index is 1.51. The summed E-state index contributed by atoms with van der Waals surface area (Å²) in [4.78, 5) is 44.2. The second kappa shape index (κ2) is 10.0. The molecule has 0 spiro atoms. The lowest BCUT2D eigenvalue weighted by atomic mass is 9.46. The van der Waals surface area contributed by atoms with Crippen molar-refractivity contribution in [2.75, 3.05) is 27.2 Å². The minimum Gasteiger partial charge on any atom is -0.508 e. The van der Waals surface area contributed by atoms with Crippen molar-refractivity contribution in [1.82, 2.24) is 9.80 Å². The van der Waals surface area contributed by atoms with E-state index in [1.807, 2.05) is 12.1 Å². The molecule has 1 aliphatic heterocycles. The third-order valence-electron chi connectivity index (χ3n) is 10.4. The summed E-state index contributed by atoms with van der Waals surface area (Å²) in [5.74, 6) is -4.95. The molecule has 2 aromatic rings. The van der Waals surface area contributed by atoms with Gasteiger partial charge in [0.25, 0.3) is 5.91 Å². The van der Waals surface area contributed by atoms with E-state index < -0.39 is 57.0 Å². The maximum Gasteiger partial charge on any atom is 0.255 e. The van der Waals surface area contributed by atoms with E-state index in [9.17, 15) is 34.8 Å². The van der Waals surface area contributed by atoms with Crippen LogP contribution in [0.2, 0.25) is 0 Å². The molecule has 0 bridgehead atoms. The van der Waals surface area contributed by atoms with Crippen molar-refractivity contribution >= 4 is 23.2 Å². The maximum absolute atomic E-state index is 14.4. The van der Waals surface area contributed by atoms with E-state index in [1.165, 1.54) is 29.4 Å². The van der Waals surface area contributed by atoms with Gasteiger partial charge in [-0.05, 0) is 81.2 Å². The van der Waals surface area contributed by atoms with Gasteiger partial charge in [-0.2, -0.15) is 0 Å². The summed E-state index contributed by atoms with van der Waals surface area (Å²) >= 11 is 0. The van der Waals surface area contributed by atoms with Gasteiger partial charge in [0.1, 0.15) is 22.8 Å². The standard InChI is InChI=1S/C34H39N3O7/c1-32-15-21-20(19-9-7-18(8-10-19)16-37-13-5-6-14-37)11-12-22(38)23(21)26(39)25(32)30(42)34(44)29(41)24(31(35)43)27(40)28(36(3)4)33(34,2)17-32/h7-12,28,38-39,41,44H,5-6,13-17H2,1-4H3,(H2,35,43)/t28-,32+,33+,34-/m1/s1. The number of amides is 1. The Kier molecular flexibility index (Phi) is 6.84. The molecule has 10 nitrogen and oxygen atoms in total. The molecular formula is C34H39N3O7. The van der Waals surface area contributed by atoms with Crippen LogP contribution in [-0.2, 0) is 27.3 Å². The zero-order chi connectivity index (χ0) is 31.9. The molecule has 3 aliphatic carbocycles. The van der Waals surface area contributed by atoms with Gasteiger partial charge in [0.05, 0.1) is 11.6 Å². The average molecular weight is 602 g/mol. The second-order valence-electron chi connectivity index (χ2n) is 13.6. The predicted octanol–water partition coefficient (Wildman–Crippen LogP) is 3.01. The highest BCUT2D eigenvalue weighted by Crippen LogP contribution is 2.63. The highest BCUT2D eigenvalue weighted by atomic mass is 16.3. The number of aliphatic hydroxyl groups is 3. The first-order chi connectivity index (χ1) is 20.7. The molecule has 1 saturated heterocycles. The second-order valence-corrected chi connectivity index (χ2v) is 13.6. The number of carbonyl (C=O) groups excluding carboxylic acids is 3. The molecule has 1 saturated carbocycles. The van der Waals surface area contributed by atoms with E-state index in [-0.39, 0.29) is 29.7 Å². The van der Waals surface area contributed by atoms with Crippen LogP contribution in [0.5, 0.6) is 5.75 Å². The number of ketones is 2. The number of nitrogens with two attached hydrogens (primary N) is 1. The number of nitrogens with zero attached hydrogens (tertiary/aromatic N) is 2. The fourth-order valence-corrected chi connectivity index (χ4v) is 8.58. The van der Waals surface area contributed by atoms with Gasteiger partial charge in [-0.1, -0.05) is 44.2 Å². The minimum atomic E-state index is -2.74. The minimum absolute atomic E-state index is 0.0182. The fourth-order valence-electron chi connectivity index (χ4n) is 8.58. The van der Waals surface area contributed by atoms with Gasteiger partial charge in [0.15, 0.2) is 11.4 Å². The third kappa shape index (κ3) is 4.01. The molecule has 4 atom stereocenters. The number of likely N-dealkylation sites (tertiary alicyclic amines) is 1. The van der Waals surface area contributed by atoms with E-state index in [0.717, 1.165) is 30.8 Å². The number of aliphatic hydroxyl groups excluding tert-OH is 2. The largest absolute Gasteiger partial charge is 0.508 e. The summed E-state index contributed by atoms with van der Waals surface area (Å²) in [6, 6.07) is 10.2. The summed E-state index contributed by atoms with van der Waals surface area (Å²) in [6.45, 7) is 6.36. The van der Waals surface area contributed by atoms with Crippen LogP contribution in [0.15, 0.2) is 53.3 Å². The van der Waals surface area contributed by atoms with Crippen molar-refractivity contribution in [3.05, 3.63) is 70.0 Å². The maximum atomic E-state index is 14.4. The summed E-state index contributed by atoms with van der Waals surface area (Å²) < 4.78 is 0. The number of aromatic hydroxyl groups is 1. The van der Waals surface area contributed by atoms with E-state index in [2.05, 4.69) is 17.0 Å². The number of phenolic OH excluding ortho intramolecular Hbond substituents is 1. The highest BCUT2D eigenvalue weighted by Gasteiger charge is 2.72. The molecule has 44 heavy (non-hydrogen) atoms. The first kappa shape index (κ1) is 30.1. The van der Waals surface area contributed by atoms with Crippen molar-refractivity contribution in [3.63, 3.8) is 0 Å². The molecule has 6 rings (SSSR count). The number of phenols is 1. The van der Waals surface area contributed by atoms with Gasteiger partial charge < -0.3 is 26.2 Å². The van der Waals surface area contributed by atoms with Crippen LogP contribution in [0.25, 0.3) is 16.9 Å². The monoisotopic (exact) mass is 601 g/mol. The molecule has 2 aromatic carbocycles. The highest BCUT2D eigenvalue weighted by molar-refractivity contribution is 6.25. The van der Waals surface area contributed by atoms with E-state index in [1.54, 1.807) is 34.0 Å². The lowest BCUT2D eigenvalue weighted by Crippen LogP contribution is -2.72. The van der Waals surface area contributed by atoms with Gasteiger partial charge >= 0.3 is 0 Å². The number of carbonyl (C=O) groups is 3. The van der Waals surface area contributed by atoms with Crippen LogP contribution in [-0.4, -0.2) is 86.5 Å². The van der Waals surface area contributed by atoms with Crippen molar-refractivity contribution in [1.29, 1.82) is 0 Å². The molecule has 0 aromatic heterocycles. The van der Waals surface area contributed by atoms with Crippen LogP contribution in [0.4, 0.5) is 0 Å². The van der Waals surface area contributed by atoms with Crippen molar-refractivity contribution in [3.8, 4) is 16.9 Å². The van der Waals surface area contributed by atoms with Gasteiger partial charge in [-0.15, -0.1) is 0 Å². The Labute approximate surface area is 256 Å². The summed E-state index contributed by atoms with van der Waals surface area (Å²) in [7, 11) is 3.18. The van der Waals surface area contributed by atoms with E-state index >= 15 is 0 Å². The average Bonchev–Trinajstić information content (AvgIpc) is 3.44. The molecule has 2 fully saturated rings. The molecule has 10 heteroatoms. The number of Topliss-reactive ketones (excluding diaryl/α,β-unsaturated/α-hetero) is 2. The lowest BCUT2D eigenvalue weighted by molar-refractivity contribution is -0.175. The first-order valence-corrected chi connectivity index (χ1v) is 15.0. The number of hydrogen-bond acceptors (Lipinski definition) is 9. The van der Waals surface area contributed by atoms with Crippen molar-refractivity contribution in [2.45, 2.75) is 57.7 Å². The smallest absolute Gasteiger partial charge is 0.255 e. The van der Waals surface area contributed by atoms with Crippen LogP contribution in [0.3, 0.4) is 0 Å². The summed E-state index contributed by atoms with van der Waals surface area (Å²) in [5, 5.41) is 46.1. The molecule has 6 N–H and O–H groups in total. The number of hydrogen-bond donors (Lipinski definition) is 5. The summed E-state index contributed by atoms with van der Waals surface area (Å²) in [6.07, 6.45) is 2.59. The first-order valence-electron chi connectivity index (χ1n) is 15.0. The van der Waals surface area contributed by atoms with Crippen LogP contribution in [0, 0.1) is 10.8 Å². The molecule has 1 heterocycles. The third-order valence-corrected chi connectivity index (χ3v) is 10.4. The van der Waals surface area contributed by atoms with Crippen molar-refractivity contribution < 1.29 is 34.8 Å². The van der Waals surface area contributed by atoms with E-state index in [0.29, 0.717) is 5.56 Å². The van der Waals surface area contributed by atoms with Gasteiger partial charge in [0.2, 0.25) is 5.78 Å². The Morgan fingerprint density at radius 3 is 2.25 bits per heavy atom. The molecular weight excluding hydrogens is 562 g/mol. The normalized spacial score (nSPS) is 30.5. The Morgan fingerprint density at radius 2 is 1.66 bits per heavy atom. The molecule has 1 amide bonds. The quantitative estimate of drug-likeness (QED) is 0.324. The topological polar surface area (TPSA) is 165 Å². The van der Waals surface area contributed by atoms with Gasteiger partial charge in [0, 0.05) is 22.9 Å². The van der Waals surface area contributed by atoms with Crippen LogP contribution >= 0.6 is 0 Å².